The first kappa shape index (κ1) is 13.0. The zero-order chi connectivity index (χ0) is 13.0. The van der Waals surface area contributed by atoms with Crippen molar-refractivity contribution in [1.82, 2.24) is 19.8 Å². The Bertz CT molecular complexity index is 399. The summed E-state index contributed by atoms with van der Waals surface area (Å²) < 4.78 is 1.95. The maximum Gasteiger partial charge on any atom is 0.327 e. The van der Waals surface area contributed by atoms with E-state index >= 15 is 0 Å². The molecule has 6 heteroatoms. The smallest absolute Gasteiger partial charge is 0.327 e. The van der Waals surface area contributed by atoms with Gasteiger partial charge in [0.1, 0.15) is 0 Å². The maximum absolute atomic E-state index is 11.6. The van der Waals surface area contributed by atoms with Crippen LogP contribution < -0.4 is 5.32 Å². The SMILES string of the molecule is CCCn1cncc1C(C(=O)O)N1CCNCC1. The second-order valence-corrected chi connectivity index (χ2v) is 4.54. The topological polar surface area (TPSA) is 70.4 Å². The van der Waals surface area contributed by atoms with E-state index in [1.54, 1.807) is 12.5 Å². The number of nitrogens with one attached hydrogen (secondary N) is 1. The van der Waals surface area contributed by atoms with E-state index in [1.807, 2.05) is 9.47 Å². The number of nitrogens with zero attached hydrogens (tertiary/aromatic N) is 3. The van der Waals surface area contributed by atoms with E-state index in [0.717, 1.165) is 44.8 Å². The first-order valence-electron chi connectivity index (χ1n) is 6.41. The fraction of sp³-hybridized carbons (Fsp3) is 0.667. The molecule has 0 amide bonds. The largest absolute Gasteiger partial charge is 0.480 e. The molecule has 1 atom stereocenters. The second kappa shape index (κ2) is 5.97. The summed E-state index contributed by atoms with van der Waals surface area (Å²) in [6, 6.07) is -0.582. The molecule has 0 aliphatic carbocycles. The molecule has 2 N–H and O–H groups in total. The van der Waals surface area contributed by atoms with E-state index in [1.165, 1.54) is 0 Å². The molecule has 0 aromatic carbocycles. The van der Waals surface area contributed by atoms with Crippen molar-refractivity contribution in [2.75, 3.05) is 26.2 Å². The van der Waals surface area contributed by atoms with Crippen LogP contribution in [0.25, 0.3) is 0 Å². The lowest BCUT2D eigenvalue weighted by molar-refractivity contribution is -0.144. The zero-order valence-electron chi connectivity index (χ0n) is 10.7. The van der Waals surface area contributed by atoms with Crippen LogP contribution in [0.2, 0.25) is 0 Å². The Hall–Kier alpha value is -1.40. The van der Waals surface area contributed by atoms with Gasteiger partial charge in [-0.2, -0.15) is 0 Å². The highest BCUT2D eigenvalue weighted by molar-refractivity contribution is 5.75. The Labute approximate surface area is 107 Å². The van der Waals surface area contributed by atoms with Crippen LogP contribution in [0.5, 0.6) is 0 Å². The van der Waals surface area contributed by atoms with Gasteiger partial charge in [-0.05, 0) is 6.42 Å². The van der Waals surface area contributed by atoms with Crippen LogP contribution >= 0.6 is 0 Å². The third-order valence-corrected chi connectivity index (χ3v) is 3.24. The monoisotopic (exact) mass is 252 g/mol. The number of aliphatic carboxylic acids is 1. The number of imidazole rings is 1. The lowest BCUT2D eigenvalue weighted by atomic mass is 10.1. The van der Waals surface area contributed by atoms with E-state index in [9.17, 15) is 9.90 Å². The van der Waals surface area contributed by atoms with Crippen LogP contribution in [0.15, 0.2) is 12.5 Å². The number of piperazine rings is 1. The summed E-state index contributed by atoms with van der Waals surface area (Å²) in [6.07, 6.45) is 4.37. The Balaban J connectivity index is 2.23. The molecule has 1 aliphatic heterocycles. The molecule has 1 unspecified atom stereocenters. The standard InChI is InChI=1S/C12H20N4O2/c1-2-5-16-9-14-8-10(16)11(12(17)18)15-6-3-13-4-7-15/h8-9,11,13H,2-7H2,1H3,(H,17,18). The summed E-state index contributed by atoms with van der Waals surface area (Å²) in [6.45, 7) is 6.08. The Morgan fingerprint density at radius 1 is 1.56 bits per heavy atom. The van der Waals surface area contributed by atoms with Gasteiger partial charge in [-0.1, -0.05) is 6.92 Å². The van der Waals surface area contributed by atoms with E-state index < -0.39 is 12.0 Å². The number of aryl methyl sites for hydroxylation is 1. The molecule has 1 aromatic heterocycles. The fourth-order valence-electron chi connectivity index (χ4n) is 2.40. The molecule has 0 spiro atoms. The Kier molecular flexibility index (Phi) is 4.33. The molecule has 0 radical (unpaired) electrons. The molecule has 1 aromatic rings. The van der Waals surface area contributed by atoms with Crippen LogP contribution in [0.4, 0.5) is 0 Å². The number of hydrogen-bond acceptors (Lipinski definition) is 4. The van der Waals surface area contributed by atoms with Crippen LogP contribution in [0.3, 0.4) is 0 Å². The van der Waals surface area contributed by atoms with Crippen LogP contribution in [0, 0.1) is 0 Å². The molecule has 2 heterocycles. The van der Waals surface area contributed by atoms with E-state index in [0.29, 0.717) is 0 Å². The van der Waals surface area contributed by atoms with Gasteiger partial charge in [0.15, 0.2) is 6.04 Å². The quantitative estimate of drug-likeness (QED) is 0.790. The minimum Gasteiger partial charge on any atom is -0.480 e. The lowest BCUT2D eigenvalue weighted by Crippen LogP contribution is -2.47. The molecule has 0 bridgehead atoms. The normalized spacial score (nSPS) is 18.7. The predicted molar refractivity (Wildman–Crippen MR) is 67.3 cm³/mol. The predicted octanol–water partition coefficient (Wildman–Crippen LogP) is 0.324. The van der Waals surface area contributed by atoms with Gasteiger partial charge in [0.2, 0.25) is 0 Å². The van der Waals surface area contributed by atoms with Crippen LogP contribution in [-0.4, -0.2) is 51.7 Å². The third-order valence-electron chi connectivity index (χ3n) is 3.24. The van der Waals surface area contributed by atoms with Gasteiger partial charge in [0.05, 0.1) is 18.2 Å². The molecular formula is C12H20N4O2. The first-order valence-corrected chi connectivity index (χ1v) is 6.41. The summed E-state index contributed by atoms with van der Waals surface area (Å²) in [5.74, 6) is -0.797. The van der Waals surface area contributed by atoms with Crippen molar-refractivity contribution in [3.8, 4) is 0 Å². The lowest BCUT2D eigenvalue weighted by Gasteiger charge is -2.32. The number of hydrogen-bond donors (Lipinski definition) is 2. The minimum absolute atomic E-state index is 0.582. The molecule has 18 heavy (non-hydrogen) atoms. The summed E-state index contributed by atoms with van der Waals surface area (Å²) in [7, 11) is 0. The third kappa shape index (κ3) is 2.70. The molecular weight excluding hydrogens is 232 g/mol. The fourth-order valence-corrected chi connectivity index (χ4v) is 2.40. The summed E-state index contributed by atoms with van der Waals surface area (Å²) >= 11 is 0. The molecule has 100 valence electrons. The van der Waals surface area contributed by atoms with Gasteiger partial charge < -0.3 is 15.0 Å². The van der Waals surface area contributed by atoms with Crippen molar-refractivity contribution in [1.29, 1.82) is 0 Å². The zero-order valence-corrected chi connectivity index (χ0v) is 10.7. The minimum atomic E-state index is -0.797. The van der Waals surface area contributed by atoms with Crippen molar-refractivity contribution >= 4 is 5.97 Å². The number of carboxylic acids is 1. The first-order chi connectivity index (χ1) is 8.74. The van der Waals surface area contributed by atoms with Crippen molar-refractivity contribution in [2.24, 2.45) is 0 Å². The van der Waals surface area contributed by atoms with E-state index in [-0.39, 0.29) is 0 Å². The highest BCUT2D eigenvalue weighted by Crippen LogP contribution is 2.21. The van der Waals surface area contributed by atoms with Gasteiger partial charge in [-0.25, -0.2) is 4.98 Å². The average Bonchev–Trinajstić information content (AvgIpc) is 2.79. The summed E-state index contributed by atoms with van der Waals surface area (Å²) in [5, 5.41) is 12.7. The van der Waals surface area contributed by atoms with Gasteiger partial charge in [-0.15, -0.1) is 0 Å². The highest BCUT2D eigenvalue weighted by Gasteiger charge is 2.30. The maximum atomic E-state index is 11.6. The number of rotatable bonds is 5. The van der Waals surface area contributed by atoms with Gasteiger partial charge >= 0.3 is 5.97 Å². The number of aromatic nitrogens is 2. The summed E-state index contributed by atoms with van der Waals surface area (Å²) in [4.78, 5) is 17.6. The average molecular weight is 252 g/mol. The summed E-state index contributed by atoms with van der Waals surface area (Å²) in [5.41, 5.74) is 0.784. The van der Waals surface area contributed by atoms with Gasteiger partial charge in [0.25, 0.3) is 0 Å². The van der Waals surface area contributed by atoms with E-state index in [4.69, 9.17) is 0 Å². The Morgan fingerprint density at radius 3 is 2.89 bits per heavy atom. The molecule has 2 rings (SSSR count). The number of carbonyl (C=O) groups is 1. The molecule has 6 nitrogen and oxygen atoms in total. The van der Waals surface area contributed by atoms with Crippen LogP contribution in [0.1, 0.15) is 25.1 Å². The number of carboxylic acid groups (broad SMARTS) is 1. The molecule has 1 fully saturated rings. The van der Waals surface area contributed by atoms with Crippen molar-refractivity contribution in [2.45, 2.75) is 25.9 Å². The molecule has 1 saturated heterocycles. The molecule has 1 aliphatic rings. The van der Waals surface area contributed by atoms with Crippen molar-refractivity contribution in [3.63, 3.8) is 0 Å². The van der Waals surface area contributed by atoms with E-state index in [2.05, 4.69) is 17.2 Å². The molecule has 0 saturated carbocycles. The van der Waals surface area contributed by atoms with Crippen LogP contribution in [-0.2, 0) is 11.3 Å². The van der Waals surface area contributed by atoms with Gasteiger partial charge in [-0.3, -0.25) is 9.69 Å². The second-order valence-electron chi connectivity index (χ2n) is 4.54. The van der Waals surface area contributed by atoms with Crippen molar-refractivity contribution < 1.29 is 9.90 Å². The highest BCUT2D eigenvalue weighted by atomic mass is 16.4. The van der Waals surface area contributed by atoms with Crippen molar-refractivity contribution in [3.05, 3.63) is 18.2 Å². The Morgan fingerprint density at radius 2 is 2.28 bits per heavy atom. The van der Waals surface area contributed by atoms with Gasteiger partial charge in [0, 0.05) is 32.7 Å².